The van der Waals surface area contributed by atoms with Crippen molar-refractivity contribution in [1.82, 2.24) is 34.1 Å². The van der Waals surface area contributed by atoms with Gasteiger partial charge in [-0.1, -0.05) is 133 Å². The van der Waals surface area contributed by atoms with Crippen molar-refractivity contribution in [1.29, 1.82) is 0 Å². The van der Waals surface area contributed by atoms with Crippen molar-refractivity contribution >= 4 is 43.6 Å². The zero-order chi connectivity index (χ0) is 41.0. The first kappa shape index (κ1) is 35.4. The number of pyridine rings is 2. The standard InChI is InChI=1S/C55H35N7/c1-4-18-36(19-5-1)43-34-38(53-58-54(45-26-14-16-32-56-45)60-55(59-53)46-27-15-17-33-57-46)35-44(37-20-6-2-7-21-37)51(43)62-47-28-12-10-24-40(47)41-30-31-49-50(52(41)62)42-25-11-13-29-48(42)61(49)39-22-8-3-9-23-39/h1-35H. The van der Waals surface area contributed by atoms with E-state index in [0.29, 0.717) is 28.9 Å². The highest BCUT2D eigenvalue weighted by Crippen LogP contribution is 2.47. The van der Waals surface area contributed by atoms with E-state index in [0.717, 1.165) is 61.3 Å². The molecule has 0 aliphatic heterocycles. The van der Waals surface area contributed by atoms with E-state index in [1.165, 1.54) is 21.5 Å². The van der Waals surface area contributed by atoms with Crippen molar-refractivity contribution in [2.75, 3.05) is 0 Å². The summed E-state index contributed by atoms with van der Waals surface area (Å²) in [5.41, 5.74) is 13.1. The van der Waals surface area contributed by atoms with Gasteiger partial charge in [0.05, 0.1) is 27.8 Å². The smallest absolute Gasteiger partial charge is 0.182 e. The first-order chi connectivity index (χ1) is 30.8. The van der Waals surface area contributed by atoms with Crippen LogP contribution < -0.4 is 0 Å². The third-order valence-corrected chi connectivity index (χ3v) is 11.7. The summed E-state index contributed by atoms with van der Waals surface area (Å²) in [6.45, 7) is 0. The number of hydrogen-bond acceptors (Lipinski definition) is 5. The second-order valence-corrected chi connectivity index (χ2v) is 15.3. The SMILES string of the molecule is c1ccc(-c2cc(-c3nc(-c4ccccn4)nc(-c4ccccn4)n3)cc(-c3ccccc3)c2-n2c3ccccc3c3ccc4c(c5ccccc5n4-c4ccccc4)c32)cc1. The summed E-state index contributed by atoms with van der Waals surface area (Å²) in [7, 11) is 0. The van der Waals surface area contributed by atoms with Crippen molar-refractivity contribution in [2.24, 2.45) is 0 Å². The summed E-state index contributed by atoms with van der Waals surface area (Å²) < 4.78 is 4.90. The van der Waals surface area contributed by atoms with Gasteiger partial charge in [-0.3, -0.25) is 9.97 Å². The van der Waals surface area contributed by atoms with Gasteiger partial charge in [0.25, 0.3) is 0 Å². The molecule has 12 aromatic rings. The minimum atomic E-state index is 0.474. The highest BCUT2D eigenvalue weighted by Gasteiger charge is 2.26. The lowest BCUT2D eigenvalue weighted by atomic mass is 9.92. The first-order valence-corrected chi connectivity index (χ1v) is 20.7. The Morgan fingerprint density at radius 1 is 0.339 bits per heavy atom. The molecule has 0 radical (unpaired) electrons. The average Bonchev–Trinajstić information content (AvgIpc) is 3.87. The fraction of sp³-hybridized carbons (Fsp3) is 0. The van der Waals surface area contributed by atoms with Crippen LogP contribution in [0.3, 0.4) is 0 Å². The first-order valence-electron chi connectivity index (χ1n) is 20.7. The molecule has 0 aliphatic rings. The van der Waals surface area contributed by atoms with Crippen LogP contribution in [-0.2, 0) is 0 Å². The van der Waals surface area contributed by atoms with Crippen molar-refractivity contribution in [3.05, 3.63) is 213 Å². The lowest BCUT2D eigenvalue weighted by Crippen LogP contribution is -2.05. The van der Waals surface area contributed by atoms with Gasteiger partial charge in [0.15, 0.2) is 17.5 Å². The van der Waals surface area contributed by atoms with E-state index in [1.807, 2.05) is 36.4 Å². The maximum absolute atomic E-state index is 5.15. The highest BCUT2D eigenvalue weighted by molar-refractivity contribution is 6.26. The van der Waals surface area contributed by atoms with Gasteiger partial charge in [0.1, 0.15) is 11.4 Å². The number of aromatic nitrogens is 7. The summed E-state index contributed by atoms with van der Waals surface area (Å²) >= 11 is 0. The van der Waals surface area contributed by atoms with Crippen molar-refractivity contribution in [3.8, 4) is 68.1 Å². The second kappa shape index (κ2) is 14.6. The Kier molecular flexibility index (Phi) is 8.35. The molecule has 0 N–H and O–H groups in total. The molecule has 290 valence electrons. The normalized spacial score (nSPS) is 11.5. The predicted octanol–water partition coefficient (Wildman–Crippen LogP) is 13.2. The van der Waals surface area contributed by atoms with Crippen LogP contribution in [-0.4, -0.2) is 34.1 Å². The molecule has 0 amide bonds. The van der Waals surface area contributed by atoms with Crippen LogP contribution in [0.15, 0.2) is 213 Å². The topological polar surface area (TPSA) is 74.3 Å². The van der Waals surface area contributed by atoms with Gasteiger partial charge < -0.3 is 9.13 Å². The fourth-order valence-corrected chi connectivity index (χ4v) is 9.00. The molecule has 0 spiro atoms. The molecule has 7 aromatic carbocycles. The minimum Gasteiger partial charge on any atom is -0.309 e. The highest BCUT2D eigenvalue weighted by atomic mass is 15.1. The molecule has 5 aromatic heterocycles. The molecular weight excluding hydrogens is 759 g/mol. The number of fused-ring (bicyclic) bond motifs is 7. The van der Waals surface area contributed by atoms with Crippen LogP contribution in [0.5, 0.6) is 0 Å². The molecule has 0 fully saturated rings. The van der Waals surface area contributed by atoms with E-state index in [2.05, 4.69) is 183 Å². The van der Waals surface area contributed by atoms with E-state index in [4.69, 9.17) is 15.0 Å². The quantitative estimate of drug-likeness (QED) is 0.161. The predicted molar refractivity (Wildman–Crippen MR) is 251 cm³/mol. The maximum atomic E-state index is 5.15. The Balaban J connectivity index is 1.24. The van der Waals surface area contributed by atoms with Crippen LogP contribution >= 0.6 is 0 Å². The van der Waals surface area contributed by atoms with Crippen LogP contribution in [0.4, 0.5) is 0 Å². The summed E-state index contributed by atoms with van der Waals surface area (Å²) in [5.74, 6) is 1.47. The van der Waals surface area contributed by atoms with Crippen molar-refractivity contribution in [2.45, 2.75) is 0 Å². The van der Waals surface area contributed by atoms with Gasteiger partial charge in [-0.15, -0.1) is 0 Å². The molecule has 0 saturated heterocycles. The van der Waals surface area contributed by atoms with Crippen LogP contribution in [0.25, 0.3) is 112 Å². The van der Waals surface area contributed by atoms with Crippen molar-refractivity contribution < 1.29 is 0 Å². The van der Waals surface area contributed by atoms with Gasteiger partial charge in [-0.2, -0.15) is 0 Å². The summed E-state index contributed by atoms with van der Waals surface area (Å²) in [5, 5.41) is 4.75. The third kappa shape index (κ3) is 5.79. The summed E-state index contributed by atoms with van der Waals surface area (Å²) in [6, 6.07) is 70.1. The Labute approximate surface area is 356 Å². The molecule has 62 heavy (non-hydrogen) atoms. The molecule has 12 rings (SSSR count). The monoisotopic (exact) mass is 793 g/mol. The van der Waals surface area contributed by atoms with Gasteiger partial charge in [0, 0.05) is 56.3 Å². The number of hydrogen-bond donors (Lipinski definition) is 0. The zero-order valence-electron chi connectivity index (χ0n) is 33.3. The van der Waals surface area contributed by atoms with Crippen LogP contribution in [0, 0.1) is 0 Å². The van der Waals surface area contributed by atoms with Crippen molar-refractivity contribution in [3.63, 3.8) is 0 Å². The Hall–Kier alpha value is -8.55. The van der Waals surface area contributed by atoms with Gasteiger partial charge in [0.2, 0.25) is 0 Å². The molecule has 0 atom stereocenters. The molecular formula is C55H35N7. The lowest BCUT2D eigenvalue weighted by Gasteiger charge is -2.21. The second-order valence-electron chi connectivity index (χ2n) is 15.3. The molecule has 0 saturated carbocycles. The Bertz CT molecular complexity index is 3480. The Morgan fingerprint density at radius 3 is 1.42 bits per heavy atom. The van der Waals surface area contributed by atoms with Gasteiger partial charge in [-0.05, 0) is 77.9 Å². The summed E-state index contributed by atoms with van der Waals surface area (Å²) in [6.07, 6.45) is 3.52. The fourth-order valence-electron chi connectivity index (χ4n) is 9.00. The molecule has 0 unspecified atom stereocenters. The minimum absolute atomic E-state index is 0.474. The van der Waals surface area contributed by atoms with E-state index in [1.54, 1.807) is 12.4 Å². The summed E-state index contributed by atoms with van der Waals surface area (Å²) in [4.78, 5) is 24.5. The van der Waals surface area contributed by atoms with Crippen LogP contribution in [0.1, 0.15) is 0 Å². The van der Waals surface area contributed by atoms with Gasteiger partial charge >= 0.3 is 0 Å². The molecule has 7 nitrogen and oxygen atoms in total. The maximum Gasteiger partial charge on any atom is 0.182 e. The van der Waals surface area contributed by atoms with E-state index in [9.17, 15) is 0 Å². The molecule has 0 bridgehead atoms. The number of benzene rings is 7. The number of para-hydroxylation sites is 3. The third-order valence-electron chi connectivity index (χ3n) is 11.7. The Morgan fingerprint density at radius 2 is 0.839 bits per heavy atom. The van der Waals surface area contributed by atoms with E-state index in [-0.39, 0.29) is 0 Å². The average molecular weight is 794 g/mol. The molecule has 7 heteroatoms. The molecule has 5 heterocycles. The molecule has 0 aliphatic carbocycles. The van der Waals surface area contributed by atoms with E-state index < -0.39 is 0 Å². The van der Waals surface area contributed by atoms with E-state index >= 15 is 0 Å². The largest absolute Gasteiger partial charge is 0.309 e. The number of rotatable bonds is 7. The van der Waals surface area contributed by atoms with Gasteiger partial charge in [-0.25, -0.2) is 15.0 Å². The number of nitrogens with zero attached hydrogens (tertiary/aromatic N) is 7. The van der Waals surface area contributed by atoms with Crippen LogP contribution in [0.2, 0.25) is 0 Å². The lowest BCUT2D eigenvalue weighted by molar-refractivity contribution is 1.05. The zero-order valence-corrected chi connectivity index (χ0v) is 33.3.